The van der Waals surface area contributed by atoms with Crippen LogP contribution in [0.1, 0.15) is 56.8 Å². The van der Waals surface area contributed by atoms with Crippen molar-refractivity contribution in [3.8, 4) is 17.2 Å². The van der Waals surface area contributed by atoms with E-state index in [2.05, 4.69) is 41.8 Å². The molecule has 0 spiro atoms. The fourth-order valence-electron chi connectivity index (χ4n) is 7.97. The molecule has 4 unspecified atom stereocenters. The molecule has 3 aromatic rings. The van der Waals surface area contributed by atoms with Gasteiger partial charge >= 0.3 is 12.1 Å². The van der Waals surface area contributed by atoms with E-state index in [9.17, 15) is 24.3 Å². The molecule has 7 N–H and O–H groups in total. The SMILES string of the molecule is COc1ccc(COc2ccc(CN(CCC(O)C(NC(=O)C(NC(=O)NCCN3CCOCC3)C(C)C)c3ccccc3)NC(=O)C(NC(=O)NCCN3CCOCC3)C(C)C)cc2)cc1OC. The Bertz CT molecular complexity index is 2020. The molecule has 19 nitrogen and oxygen atoms in total. The molecule has 380 valence electrons. The predicted octanol–water partition coefficient (Wildman–Crippen LogP) is 3.04. The van der Waals surface area contributed by atoms with Gasteiger partial charge in [-0.25, -0.2) is 14.6 Å². The van der Waals surface area contributed by atoms with E-state index in [0.29, 0.717) is 82.0 Å². The largest absolute Gasteiger partial charge is 0.493 e. The second-order valence-electron chi connectivity index (χ2n) is 17.9. The first-order valence-electron chi connectivity index (χ1n) is 24.0. The number of ether oxygens (including phenoxy) is 5. The van der Waals surface area contributed by atoms with Crippen LogP contribution in [-0.4, -0.2) is 162 Å². The molecule has 2 saturated heterocycles. The van der Waals surface area contributed by atoms with Crippen LogP contribution < -0.4 is 46.2 Å². The van der Waals surface area contributed by atoms with Gasteiger partial charge in [0.1, 0.15) is 24.4 Å². The smallest absolute Gasteiger partial charge is 0.315 e. The predicted molar refractivity (Wildman–Crippen MR) is 262 cm³/mol. The molecule has 4 atom stereocenters. The van der Waals surface area contributed by atoms with Crippen LogP contribution >= 0.6 is 0 Å². The third kappa shape index (κ3) is 18.3. The summed E-state index contributed by atoms with van der Waals surface area (Å²) < 4.78 is 27.7. The normalized spacial score (nSPS) is 16.2. The monoisotopic (exact) mass is 962 g/mol. The van der Waals surface area contributed by atoms with Crippen LogP contribution in [-0.2, 0) is 32.2 Å². The summed E-state index contributed by atoms with van der Waals surface area (Å²) in [6.07, 6.45) is -1.02. The highest BCUT2D eigenvalue weighted by molar-refractivity contribution is 5.88. The average Bonchev–Trinajstić information content (AvgIpc) is 3.35. The Labute approximate surface area is 407 Å². The van der Waals surface area contributed by atoms with Crippen LogP contribution in [0.15, 0.2) is 72.8 Å². The molecule has 2 fully saturated rings. The van der Waals surface area contributed by atoms with Crippen molar-refractivity contribution in [3.05, 3.63) is 89.5 Å². The van der Waals surface area contributed by atoms with E-state index in [4.69, 9.17) is 23.7 Å². The van der Waals surface area contributed by atoms with Crippen molar-refractivity contribution in [2.75, 3.05) is 99.5 Å². The maximum Gasteiger partial charge on any atom is 0.315 e. The molecule has 2 aliphatic rings. The minimum Gasteiger partial charge on any atom is -0.493 e. The molecule has 0 aliphatic carbocycles. The number of morpholine rings is 2. The summed E-state index contributed by atoms with van der Waals surface area (Å²) in [4.78, 5) is 58.7. The summed E-state index contributed by atoms with van der Waals surface area (Å²) >= 11 is 0. The van der Waals surface area contributed by atoms with Crippen molar-refractivity contribution in [1.82, 2.24) is 46.8 Å². The molecule has 2 aliphatic heterocycles. The van der Waals surface area contributed by atoms with E-state index in [1.165, 1.54) is 0 Å². The number of aliphatic hydroxyl groups is 1. The fourth-order valence-corrected chi connectivity index (χ4v) is 7.97. The van der Waals surface area contributed by atoms with Crippen LogP contribution in [0, 0.1) is 11.8 Å². The quantitative estimate of drug-likeness (QED) is 0.0577. The number of amides is 6. The molecule has 0 bridgehead atoms. The Morgan fingerprint density at radius 3 is 1.75 bits per heavy atom. The van der Waals surface area contributed by atoms with Gasteiger partial charge in [0.15, 0.2) is 11.5 Å². The second kappa shape index (κ2) is 28.7. The Balaban J connectivity index is 1.27. The molecule has 3 aromatic carbocycles. The van der Waals surface area contributed by atoms with E-state index in [1.807, 2.05) is 100 Å². The minimum absolute atomic E-state index is 0.107. The van der Waals surface area contributed by atoms with Gasteiger partial charge in [-0.15, -0.1) is 0 Å². The minimum atomic E-state index is -1.13. The van der Waals surface area contributed by atoms with Gasteiger partial charge in [0.05, 0.1) is 52.8 Å². The van der Waals surface area contributed by atoms with Gasteiger partial charge in [-0.1, -0.05) is 76.2 Å². The van der Waals surface area contributed by atoms with Crippen LogP contribution in [0.25, 0.3) is 0 Å². The van der Waals surface area contributed by atoms with Crippen molar-refractivity contribution in [2.45, 2.75) is 71.5 Å². The lowest BCUT2D eigenvalue weighted by atomic mass is 9.97. The highest BCUT2D eigenvalue weighted by Crippen LogP contribution is 2.28. The first-order valence-corrected chi connectivity index (χ1v) is 24.0. The third-order valence-corrected chi connectivity index (χ3v) is 12.1. The lowest BCUT2D eigenvalue weighted by molar-refractivity contribution is -0.129. The van der Waals surface area contributed by atoms with Gasteiger partial charge in [0, 0.05) is 65.4 Å². The van der Waals surface area contributed by atoms with Gasteiger partial charge in [-0.3, -0.25) is 24.8 Å². The van der Waals surface area contributed by atoms with E-state index in [-0.39, 0.29) is 31.3 Å². The lowest BCUT2D eigenvalue weighted by Gasteiger charge is -2.31. The Kier molecular flexibility index (Phi) is 22.6. The zero-order valence-corrected chi connectivity index (χ0v) is 41.2. The Morgan fingerprint density at radius 2 is 1.22 bits per heavy atom. The second-order valence-corrected chi connectivity index (χ2v) is 17.9. The zero-order valence-electron chi connectivity index (χ0n) is 41.2. The van der Waals surface area contributed by atoms with Crippen LogP contribution in [0.4, 0.5) is 9.59 Å². The Hall–Kier alpha value is -5.70. The molecule has 0 aromatic heterocycles. The van der Waals surface area contributed by atoms with Gasteiger partial charge in [0.2, 0.25) is 5.91 Å². The lowest BCUT2D eigenvalue weighted by Crippen LogP contribution is -2.57. The standard InChI is InChI=1S/C50H75N9O10/c1-35(2)44(54-49(63)51-19-22-57-24-28-67-29-25-57)47(61)53-46(39-10-8-7-9-11-39)41(60)18-21-59(56-48(62)45(36(3)4)55-50(64)52-20-23-58-26-30-68-31-27-58)33-37-12-15-40(16-13-37)69-34-38-14-17-42(65-5)43(32-38)66-6/h7-17,32,35-36,41,44-46,60H,18-31,33-34H2,1-6H3,(H,53,61)(H,56,62)(H2,51,54,63)(H2,52,55,64). The van der Waals surface area contributed by atoms with Crippen molar-refractivity contribution in [2.24, 2.45) is 11.8 Å². The number of hydrogen-bond acceptors (Lipinski definition) is 13. The average molecular weight is 962 g/mol. The summed E-state index contributed by atoms with van der Waals surface area (Å²) in [6.45, 7) is 16.0. The van der Waals surface area contributed by atoms with Gasteiger partial charge in [-0.2, -0.15) is 0 Å². The number of benzene rings is 3. The summed E-state index contributed by atoms with van der Waals surface area (Å²) in [5.41, 5.74) is 5.42. The number of aliphatic hydroxyl groups excluding tert-OH is 1. The molecule has 19 heteroatoms. The van der Waals surface area contributed by atoms with E-state index >= 15 is 0 Å². The van der Waals surface area contributed by atoms with E-state index in [1.54, 1.807) is 19.2 Å². The van der Waals surface area contributed by atoms with Gasteiger partial charge in [-0.05, 0) is 59.2 Å². The van der Waals surface area contributed by atoms with Crippen molar-refractivity contribution in [1.29, 1.82) is 0 Å². The number of hydrazine groups is 1. The molecule has 2 heterocycles. The Morgan fingerprint density at radius 1 is 0.681 bits per heavy atom. The summed E-state index contributed by atoms with van der Waals surface area (Å²) in [5, 5.41) is 28.1. The number of carbonyl (C=O) groups is 4. The molecular weight excluding hydrogens is 887 g/mol. The molecule has 69 heavy (non-hydrogen) atoms. The first-order chi connectivity index (χ1) is 33.3. The summed E-state index contributed by atoms with van der Waals surface area (Å²) in [6, 6.07) is 18.6. The van der Waals surface area contributed by atoms with Crippen LogP contribution in [0.5, 0.6) is 17.2 Å². The number of rotatable bonds is 26. The summed E-state index contributed by atoms with van der Waals surface area (Å²) in [7, 11) is 3.17. The number of hydrogen-bond donors (Lipinski definition) is 7. The van der Waals surface area contributed by atoms with Gasteiger partial charge < -0.3 is 55.4 Å². The number of nitrogens with zero attached hydrogens (tertiary/aromatic N) is 3. The van der Waals surface area contributed by atoms with Crippen molar-refractivity contribution < 1.29 is 48.0 Å². The molecule has 5 rings (SSSR count). The van der Waals surface area contributed by atoms with E-state index < -0.39 is 48.1 Å². The highest BCUT2D eigenvalue weighted by Gasteiger charge is 2.31. The maximum absolute atomic E-state index is 14.1. The third-order valence-electron chi connectivity index (χ3n) is 12.1. The van der Waals surface area contributed by atoms with E-state index in [0.717, 1.165) is 37.3 Å². The maximum atomic E-state index is 14.1. The zero-order chi connectivity index (χ0) is 49.5. The molecular formula is C50H75N9O10. The van der Waals surface area contributed by atoms with Crippen molar-refractivity contribution >= 4 is 23.9 Å². The van der Waals surface area contributed by atoms with Crippen LogP contribution in [0.2, 0.25) is 0 Å². The topological polar surface area (TPSA) is 217 Å². The molecule has 0 radical (unpaired) electrons. The van der Waals surface area contributed by atoms with Crippen molar-refractivity contribution in [3.63, 3.8) is 0 Å². The highest BCUT2D eigenvalue weighted by atomic mass is 16.5. The molecule has 6 amide bonds. The number of methoxy groups -OCH3 is 2. The van der Waals surface area contributed by atoms with Gasteiger partial charge in [0.25, 0.3) is 5.91 Å². The number of carbonyl (C=O) groups excluding carboxylic acids is 4. The number of urea groups is 2. The van der Waals surface area contributed by atoms with Crippen LogP contribution in [0.3, 0.4) is 0 Å². The molecule has 0 saturated carbocycles. The fraction of sp³-hybridized carbons (Fsp3) is 0.560. The first kappa shape index (κ1) is 54.2. The number of nitrogens with one attached hydrogen (secondary N) is 6. The summed E-state index contributed by atoms with van der Waals surface area (Å²) in [5.74, 6) is 0.434.